The molecule has 0 unspecified atom stereocenters. The van der Waals surface area contributed by atoms with Gasteiger partial charge in [-0.2, -0.15) is 0 Å². The van der Waals surface area contributed by atoms with E-state index in [0.717, 1.165) is 42.7 Å². The van der Waals surface area contributed by atoms with Gasteiger partial charge in [-0.3, -0.25) is 9.69 Å². The molecule has 1 aromatic heterocycles. The van der Waals surface area contributed by atoms with Gasteiger partial charge >= 0.3 is 0 Å². The largest absolute Gasteiger partial charge is 0.464 e. The summed E-state index contributed by atoms with van der Waals surface area (Å²) in [5, 5.41) is 4.34. The Morgan fingerprint density at radius 1 is 1.26 bits per heavy atom. The van der Waals surface area contributed by atoms with Crippen molar-refractivity contribution < 1.29 is 9.21 Å². The molecular weight excluding hydrogens is 240 g/mol. The molecule has 2 heterocycles. The fourth-order valence-electron chi connectivity index (χ4n) is 2.56. The number of hydrogen-bond donors (Lipinski definition) is 1. The summed E-state index contributed by atoms with van der Waals surface area (Å²) < 4.78 is 5.46. The summed E-state index contributed by atoms with van der Waals surface area (Å²) in [7, 11) is 0. The maximum Gasteiger partial charge on any atom is 0.151 e. The summed E-state index contributed by atoms with van der Waals surface area (Å²) in [5.41, 5.74) is 1.85. The molecule has 4 heteroatoms. The number of ketones is 1. The molecule has 3 rings (SSSR count). The first-order chi connectivity index (χ1) is 9.33. The van der Waals surface area contributed by atoms with Crippen LogP contribution in [-0.4, -0.2) is 43.4 Å². The number of nitrogens with zero attached hydrogens (tertiary/aromatic N) is 1. The molecule has 2 aromatic rings. The Kier molecular flexibility index (Phi) is 3.62. The highest BCUT2D eigenvalue weighted by Gasteiger charge is 2.15. The zero-order valence-electron chi connectivity index (χ0n) is 10.9. The molecular formula is C15H18N2O2. The summed E-state index contributed by atoms with van der Waals surface area (Å²) in [6.07, 6.45) is 2.17. The summed E-state index contributed by atoms with van der Waals surface area (Å²) in [4.78, 5) is 14.3. The van der Waals surface area contributed by atoms with Gasteiger partial charge in [0.05, 0.1) is 12.8 Å². The average molecular weight is 258 g/mol. The summed E-state index contributed by atoms with van der Waals surface area (Å²) in [6, 6.07) is 7.85. The first-order valence-corrected chi connectivity index (χ1v) is 6.73. The van der Waals surface area contributed by atoms with E-state index >= 15 is 0 Å². The smallest absolute Gasteiger partial charge is 0.151 e. The van der Waals surface area contributed by atoms with Gasteiger partial charge in [-0.25, -0.2) is 0 Å². The summed E-state index contributed by atoms with van der Waals surface area (Å²) in [5.74, 6) is 0.258. The minimum absolute atomic E-state index is 0.258. The van der Waals surface area contributed by atoms with Crippen molar-refractivity contribution in [3.05, 3.63) is 36.1 Å². The topological polar surface area (TPSA) is 45.5 Å². The molecule has 1 aliphatic heterocycles. The molecule has 1 aliphatic rings. The van der Waals surface area contributed by atoms with Crippen molar-refractivity contribution in [2.24, 2.45) is 0 Å². The van der Waals surface area contributed by atoms with Crippen LogP contribution in [0.4, 0.5) is 0 Å². The number of carbonyl (C=O) groups excluding carboxylic acids is 1. The van der Waals surface area contributed by atoms with Gasteiger partial charge in [0, 0.05) is 43.5 Å². The highest BCUT2D eigenvalue weighted by molar-refractivity contribution is 5.89. The molecule has 0 radical (unpaired) electrons. The average Bonchev–Trinajstić information content (AvgIpc) is 2.83. The molecule has 0 aliphatic carbocycles. The van der Waals surface area contributed by atoms with Gasteiger partial charge in [-0.15, -0.1) is 0 Å². The van der Waals surface area contributed by atoms with Crippen molar-refractivity contribution in [2.75, 3.05) is 32.7 Å². The number of rotatable bonds is 4. The zero-order chi connectivity index (χ0) is 13.1. The Balaban J connectivity index is 1.65. The summed E-state index contributed by atoms with van der Waals surface area (Å²) >= 11 is 0. The van der Waals surface area contributed by atoms with Crippen LogP contribution in [-0.2, 0) is 11.2 Å². The van der Waals surface area contributed by atoms with Crippen molar-refractivity contribution in [2.45, 2.75) is 6.42 Å². The van der Waals surface area contributed by atoms with Crippen LogP contribution < -0.4 is 5.32 Å². The maximum absolute atomic E-state index is 12.1. The van der Waals surface area contributed by atoms with Crippen LogP contribution in [0.2, 0.25) is 0 Å². The SMILES string of the molecule is O=C(Cc1coc2ccccc12)CN1CCNCC1. The van der Waals surface area contributed by atoms with Crippen LogP contribution in [0.25, 0.3) is 11.0 Å². The van der Waals surface area contributed by atoms with Crippen molar-refractivity contribution in [1.82, 2.24) is 10.2 Å². The molecule has 0 bridgehead atoms. The molecule has 0 spiro atoms. The van der Waals surface area contributed by atoms with E-state index in [-0.39, 0.29) is 5.78 Å². The Labute approximate surface area is 112 Å². The lowest BCUT2D eigenvalue weighted by Gasteiger charge is -2.26. The first kappa shape index (κ1) is 12.4. The predicted molar refractivity (Wildman–Crippen MR) is 74.2 cm³/mol. The van der Waals surface area contributed by atoms with Crippen LogP contribution in [0, 0.1) is 0 Å². The lowest BCUT2D eigenvalue weighted by atomic mass is 10.1. The van der Waals surface area contributed by atoms with Crippen molar-refractivity contribution >= 4 is 16.8 Å². The van der Waals surface area contributed by atoms with E-state index in [0.29, 0.717) is 13.0 Å². The van der Waals surface area contributed by atoms with Gasteiger partial charge in [-0.1, -0.05) is 18.2 Å². The molecule has 0 atom stereocenters. The van der Waals surface area contributed by atoms with Gasteiger partial charge < -0.3 is 9.73 Å². The molecule has 0 saturated carbocycles. The quantitative estimate of drug-likeness (QED) is 0.901. The van der Waals surface area contributed by atoms with E-state index in [4.69, 9.17) is 4.42 Å². The molecule has 19 heavy (non-hydrogen) atoms. The highest BCUT2D eigenvalue weighted by atomic mass is 16.3. The second-order valence-electron chi connectivity index (χ2n) is 5.00. The van der Waals surface area contributed by atoms with Crippen LogP contribution in [0.3, 0.4) is 0 Å². The zero-order valence-corrected chi connectivity index (χ0v) is 10.9. The van der Waals surface area contributed by atoms with Crippen LogP contribution in [0.5, 0.6) is 0 Å². The number of benzene rings is 1. The molecule has 0 amide bonds. The molecule has 100 valence electrons. The second kappa shape index (κ2) is 5.55. The Morgan fingerprint density at radius 3 is 2.89 bits per heavy atom. The van der Waals surface area contributed by atoms with E-state index in [1.54, 1.807) is 6.26 Å². The normalized spacial score (nSPS) is 16.8. The van der Waals surface area contributed by atoms with E-state index < -0.39 is 0 Å². The number of carbonyl (C=O) groups is 1. The minimum atomic E-state index is 0.258. The molecule has 1 N–H and O–H groups in total. The van der Waals surface area contributed by atoms with Crippen LogP contribution in [0.15, 0.2) is 34.9 Å². The maximum atomic E-state index is 12.1. The number of para-hydroxylation sites is 1. The summed E-state index contributed by atoms with van der Waals surface area (Å²) in [6.45, 7) is 4.40. The Hall–Kier alpha value is -1.65. The Morgan fingerprint density at radius 2 is 2.05 bits per heavy atom. The third-order valence-corrected chi connectivity index (χ3v) is 3.56. The van der Waals surface area contributed by atoms with Gasteiger partial charge in [0.15, 0.2) is 5.78 Å². The third-order valence-electron chi connectivity index (χ3n) is 3.56. The fourth-order valence-corrected chi connectivity index (χ4v) is 2.56. The van der Waals surface area contributed by atoms with E-state index in [1.165, 1.54) is 0 Å². The number of piperazine rings is 1. The van der Waals surface area contributed by atoms with Crippen molar-refractivity contribution in [1.29, 1.82) is 0 Å². The molecule has 1 fully saturated rings. The number of hydrogen-bond acceptors (Lipinski definition) is 4. The number of nitrogens with one attached hydrogen (secondary N) is 1. The second-order valence-corrected chi connectivity index (χ2v) is 5.00. The first-order valence-electron chi connectivity index (χ1n) is 6.73. The molecule has 1 aromatic carbocycles. The van der Waals surface area contributed by atoms with Gasteiger partial charge in [0.1, 0.15) is 5.58 Å². The minimum Gasteiger partial charge on any atom is -0.464 e. The predicted octanol–water partition coefficient (Wildman–Crippen LogP) is 1.45. The highest BCUT2D eigenvalue weighted by Crippen LogP contribution is 2.21. The van der Waals surface area contributed by atoms with Gasteiger partial charge in [0.25, 0.3) is 0 Å². The molecule has 4 nitrogen and oxygen atoms in total. The van der Waals surface area contributed by atoms with Crippen LogP contribution in [0.1, 0.15) is 5.56 Å². The number of furan rings is 1. The lowest BCUT2D eigenvalue weighted by Crippen LogP contribution is -2.45. The Bertz CT molecular complexity index is 570. The third kappa shape index (κ3) is 2.85. The monoisotopic (exact) mass is 258 g/mol. The van der Waals surface area contributed by atoms with E-state index in [9.17, 15) is 4.79 Å². The van der Waals surface area contributed by atoms with E-state index in [2.05, 4.69) is 10.2 Å². The van der Waals surface area contributed by atoms with Gasteiger partial charge in [-0.05, 0) is 6.07 Å². The fraction of sp³-hybridized carbons (Fsp3) is 0.400. The number of Topliss-reactive ketones (excluding diaryl/α,β-unsaturated/α-hetero) is 1. The van der Waals surface area contributed by atoms with Crippen molar-refractivity contribution in [3.63, 3.8) is 0 Å². The van der Waals surface area contributed by atoms with E-state index in [1.807, 2.05) is 24.3 Å². The number of fused-ring (bicyclic) bond motifs is 1. The van der Waals surface area contributed by atoms with Gasteiger partial charge in [0.2, 0.25) is 0 Å². The standard InChI is InChI=1S/C15H18N2O2/c18-13(10-17-7-5-16-6-8-17)9-12-11-19-15-4-2-1-3-14(12)15/h1-4,11,16H,5-10H2. The van der Waals surface area contributed by atoms with Crippen molar-refractivity contribution in [3.8, 4) is 0 Å². The molecule has 1 saturated heterocycles. The lowest BCUT2D eigenvalue weighted by molar-refractivity contribution is -0.119. The van der Waals surface area contributed by atoms with Crippen LogP contribution >= 0.6 is 0 Å².